The van der Waals surface area contributed by atoms with E-state index in [-0.39, 0.29) is 11.7 Å². The van der Waals surface area contributed by atoms with Gasteiger partial charge in [-0.1, -0.05) is 36.0 Å². The Morgan fingerprint density at radius 3 is 2.87 bits per heavy atom. The number of carbonyl (C=O) groups is 1. The molecule has 4 aromatic rings. The van der Waals surface area contributed by atoms with Crippen LogP contribution >= 0.6 is 11.8 Å². The zero-order valence-corrected chi connectivity index (χ0v) is 17.6. The van der Waals surface area contributed by atoms with E-state index in [9.17, 15) is 4.79 Å². The van der Waals surface area contributed by atoms with Crippen LogP contribution in [0, 0.1) is 13.8 Å². The van der Waals surface area contributed by atoms with Crippen LogP contribution in [0.1, 0.15) is 11.1 Å². The summed E-state index contributed by atoms with van der Waals surface area (Å²) in [5.41, 5.74) is 3.49. The fraction of sp³-hybridized carbons (Fsp3) is 0.190. The maximum absolute atomic E-state index is 12.4. The van der Waals surface area contributed by atoms with Crippen molar-refractivity contribution in [2.45, 2.75) is 19.0 Å². The summed E-state index contributed by atoms with van der Waals surface area (Å²) in [6, 6.07) is 13.4. The minimum absolute atomic E-state index is 0.147. The number of rotatable bonds is 6. The summed E-state index contributed by atoms with van der Waals surface area (Å²) in [7, 11) is 1.58. The van der Waals surface area contributed by atoms with Crippen LogP contribution in [0.5, 0.6) is 5.75 Å². The molecule has 0 saturated heterocycles. The third-order valence-corrected chi connectivity index (χ3v) is 5.56. The van der Waals surface area contributed by atoms with Gasteiger partial charge in [0.05, 0.1) is 12.9 Å². The molecule has 9 heteroatoms. The summed E-state index contributed by atoms with van der Waals surface area (Å²) in [6.45, 7) is 3.93. The number of para-hydroxylation sites is 1. The first-order chi connectivity index (χ1) is 14.5. The van der Waals surface area contributed by atoms with Crippen LogP contribution in [-0.4, -0.2) is 33.6 Å². The molecular weight excluding hydrogens is 402 g/mol. The van der Waals surface area contributed by atoms with E-state index < -0.39 is 0 Å². The Hall–Kier alpha value is -3.46. The van der Waals surface area contributed by atoms with E-state index in [0.717, 1.165) is 22.2 Å². The van der Waals surface area contributed by atoms with Crippen LogP contribution in [0.15, 0.2) is 52.0 Å². The Labute approximate surface area is 177 Å². The zero-order valence-electron chi connectivity index (χ0n) is 16.8. The molecule has 4 rings (SSSR count). The number of nitrogen functional groups attached to an aromatic ring is 1. The summed E-state index contributed by atoms with van der Waals surface area (Å²) >= 11 is 1.20. The van der Waals surface area contributed by atoms with Crippen molar-refractivity contribution >= 4 is 34.3 Å². The van der Waals surface area contributed by atoms with Crippen molar-refractivity contribution in [2.24, 2.45) is 0 Å². The van der Waals surface area contributed by atoms with Crippen LogP contribution in [0.25, 0.3) is 22.6 Å². The number of benzene rings is 2. The van der Waals surface area contributed by atoms with Gasteiger partial charge in [-0.3, -0.25) is 4.79 Å². The second-order valence-corrected chi connectivity index (χ2v) is 7.76. The number of aryl methyl sites for hydroxylation is 2. The van der Waals surface area contributed by atoms with Gasteiger partial charge in [0, 0.05) is 11.1 Å². The minimum Gasteiger partial charge on any atom is -0.493 e. The molecule has 30 heavy (non-hydrogen) atoms. The monoisotopic (exact) mass is 423 g/mol. The van der Waals surface area contributed by atoms with E-state index in [1.807, 2.05) is 56.3 Å². The first kappa shape index (κ1) is 19.8. The van der Waals surface area contributed by atoms with E-state index in [0.29, 0.717) is 28.1 Å². The highest BCUT2D eigenvalue weighted by molar-refractivity contribution is 7.99. The van der Waals surface area contributed by atoms with Crippen molar-refractivity contribution in [3.63, 3.8) is 0 Å². The molecule has 0 fully saturated rings. The molecule has 2 heterocycles. The number of nitrogens with two attached hydrogens (primary N) is 1. The summed E-state index contributed by atoms with van der Waals surface area (Å²) in [5.74, 6) is 7.62. The standard InChI is InChI=1S/C21H21N5O3S/c1-12-7-8-13(2)15(9-12)23-18(27)11-30-21-25-24-20(26(21)22)17-10-14-5-4-6-16(28-3)19(14)29-17/h4-10H,11,22H2,1-3H3,(H,23,27). The van der Waals surface area contributed by atoms with E-state index >= 15 is 0 Å². The number of aromatic nitrogens is 3. The summed E-state index contributed by atoms with van der Waals surface area (Å²) in [5, 5.41) is 12.4. The molecule has 0 aliphatic rings. The van der Waals surface area contributed by atoms with Crippen LogP contribution in [0.4, 0.5) is 5.69 Å². The van der Waals surface area contributed by atoms with E-state index in [1.165, 1.54) is 16.4 Å². The van der Waals surface area contributed by atoms with Gasteiger partial charge in [0.25, 0.3) is 0 Å². The average molecular weight is 423 g/mol. The molecule has 2 aromatic carbocycles. The maximum atomic E-state index is 12.4. The van der Waals surface area contributed by atoms with Crippen LogP contribution in [0.3, 0.4) is 0 Å². The van der Waals surface area contributed by atoms with Gasteiger partial charge in [0.2, 0.25) is 16.9 Å². The van der Waals surface area contributed by atoms with Gasteiger partial charge >= 0.3 is 0 Å². The SMILES string of the molecule is COc1cccc2cc(-c3nnc(SCC(=O)Nc4cc(C)ccc4C)n3N)oc12. The Kier molecular flexibility index (Phi) is 5.37. The fourth-order valence-corrected chi connectivity index (χ4v) is 3.69. The summed E-state index contributed by atoms with van der Waals surface area (Å²) in [6.07, 6.45) is 0. The van der Waals surface area contributed by atoms with E-state index in [4.69, 9.17) is 15.0 Å². The molecule has 0 atom stereocenters. The molecule has 154 valence electrons. The molecule has 0 bridgehead atoms. The highest BCUT2D eigenvalue weighted by atomic mass is 32.2. The number of fused-ring (bicyclic) bond motifs is 1. The van der Waals surface area contributed by atoms with Crippen LogP contribution in [-0.2, 0) is 4.79 Å². The zero-order chi connectivity index (χ0) is 21.3. The van der Waals surface area contributed by atoms with Gasteiger partial charge in [-0.25, -0.2) is 4.68 Å². The first-order valence-corrected chi connectivity index (χ1v) is 10.2. The normalized spacial score (nSPS) is 11.0. The van der Waals surface area contributed by atoms with Crippen molar-refractivity contribution < 1.29 is 13.9 Å². The van der Waals surface area contributed by atoms with E-state index in [2.05, 4.69) is 15.5 Å². The molecule has 0 radical (unpaired) electrons. The molecule has 0 aliphatic carbocycles. The number of furan rings is 1. The second-order valence-electron chi connectivity index (χ2n) is 6.82. The third-order valence-electron chi connectivity index (χ3n) is 4.61. The van der Waals surface area contributed by atoms with Crippen molar-refractivity contribution in [3.8, 4) is 17.3 Å². The molecule has 2 aromatic heterocycles. The second kappa shape index (κ2) is 8.11. The fourth-order valence-electron chi connectivity index (χ4n) is 3.04. The molecule has 1 amide bonds. The highest BCUT2D eigenvalue weighted by Crippen LogP contribution is 2.33. The first-order valence-electron chi connectivity index (χ1n) is 9.23. The molecule has 0 spiro atoms. The third kappa shape index (κ3) is 3.84. The summed E-state index contributed by atoms with van der Waals surface area (Å²) in [4.78, 5) is 12.4. The molecular formula is C21H21N5O3S. The predicted octanol–water partition coefficient (Wildman–Crippen LogP) is 3.76. The van der Waals surface area contributed by atoms with Gasteiger partial charge in [-0.15, -0.1) is 10.2 Å². The van der Waals surface area contributed by atoms with Gasteiger partial charge in [-0.05, 0) is 43.2 Å². The van der Waals surface area contributed by atoms with Crippen molar-refractivity contribution in [3.05, 3.63) is 53.6 Å². The van der Waals surface area contributed by atoms with Gasteiger partial charge < -0.3 is 20.3 Å². The average Bonchev–Trinajstić information content (AvgIpc) is 3.32. The Morgan fingerprint density at radius 2 is 2.07 bits per heavy atom. The largest absolute Gasteiger partial charge is 0.493 e. The number of hydrogen-bond acceptors (Lipinski definition) is 7. The maximum Gasteiger partial charge on any atom is 0.234 e. The number of nitrogens with one attached hydrogen (secondary N) is 1. The lowest BCUT2D eigenvalue weighted by Crippen LogP contribution is -2.17. The molecule has 0 unspecified atom stereocenters. The highest BCUT2D eigenvalue weighted by Gasteiger charge is 2.18. The number of carbonyl (C=O) groups excluding carboxylic acids is 1. The minimum atomic E-state index is -0.147. The smallest absolute Gasteiger partial charge is 0.234 e. The lowest BCUT2D eigenvalue weighted by Gasteiger charge is -2.09. The number of methoxy groups -OCH3 is 1. The summed E-state index contributed by atoms with van der Waals surface area (Å²) < 4.78 is 12.5. The number of thioether (sulfide) groups is 1. The van der Waals surface area contributed by atoms with Crippen LogP contribution in [0.2, 0.25) is 0 Å². The van der Waals surface area contributed by atoms with E-state index in [1.54, 1.807) is 7.11 Å². The Balaban J connectivity index is 1.48. The van der Waals surface area contributed by atoms with Gasteiger partial charge in [0.15, 0.2) is 17.1 Å². The molecule has 0 saturated carbocycles. The lowest BCUT2D eigenvalue weighted by atomic mass is 10.1. The molecule has 3 N–H and O–H groups in total. The number of ether oxygens (including phenoxy) is 1. The van der Waals surface area contributed by atoms with Gasteiger partial charge in [-0.2, -0.15) is 0 Å². The number of nitrogens with zero attached hydrogens (tertiary/aromatic N) is 3. The van der Waals surface area contributed by atoms with Crippen LogP contribution < -0.4 is 15.9 Å². The quantitative estimate of drug-likeness (QED) is 0.359. The topological polar surface area (TPSA) is 108 Å². The predicted molar refractivity (Wildman–Crippen MR) is 117 cm³/mol. The lowest BCUT2D eigenvalue weighted by molar-refractivity contribution is -0.113. The number of anilines is 1. The van der Waals surface area contributed by atoms with Gasteiger partial charge in [0.1, 0.15) is 0 Å². The number of hydrogen-bond donors (Lipinski definition) is 2. The Bertz CT molecular complexity index is 1230. The number of amides is 1. The molecule has 8 nitrogen and oxygen atoms in total. The Morgan fingerprint density at radius 1 is 1.23 bits per heavy atom. The van der Waals surface area contributed by atoms with Crippen molar-refractivity contribution in [1.82, 2.24) is 14.9 Å². The molecule has 0 aliphatic heterocycles. The van der Waals surface area contributed by atoms with Crippen molar-refractivity contribution in [1.29, 1.82) is 0 Å². The van der Waals surface area contributed by atoms with Crippen molar-refractivity contribution in [2.75, 3.05) is 24.0 Å².